The molecule has 1 aliphatic rings. The highest BCUT2D eigenvalue weighted by Crippen LogP contribution is 2.38. The summed E-state index contributed by atoms with van der Waals surface area (Å²) in [5.74, 6) is -0.652. The van der Waals surface area contributed by atoms with Crippen molar-refractivity contribution in [1.29, 1.82) is 0 Å². The number of aliphatic carboxylic acids is 1. The molecule has 0 spiro atoms. The van der Waals surface area contributed by atoms with Gasteiger partial charge in [0.05, 0.1) is 15.6 Å². The zero-order valence-electron chi connectivity index (χ0n) is 17.6. The first-order chi connectivity index (χ1) is 15.3. The number of halogens is 1. The standard InChI is InChI=1S/C23H24ClN3O4S/c1-16-21(32(30,31)20-12-6-5-10-18(20)24)22(26-14-7-11-19(26)23(28)29)27(25-16)15-13-17-8-3-2-4-9-17/h2-6,8-10,12,19H,7,11,13-15H2,1H3,(H,28,29). The third-order valence-electron chi connectivity index (χ3n) is 5.71. The van der Waals surface area contributed by atoms with Crippen LogP contribution in [0.2, 0.25) is 5.02 Å². The highest BCUT2D eigenvalue weighted by Gasteiger charge is 2.39. The van der Waals surface area contributed by atoms with Crippen molar-refractivity contribution in [3.63, 3.8) is 0 Å². The van der Waals surface area contributed by atoms with Crippen molar-refractivity contribution in [2.75, 3.05) is 11.4 Å². The number of anilines is 1. The van der Waals surface area contributed by atoms with Gasteiger partial charge < -0.3 is 10.0 Å². The normalized spacial score (nSPS) is 16.4. The van der Waals surface area contributed by atoms with Crippen molar-refractivity contribution in [3.05, 3.63) is 70.9 Å². The van der Waals surface area contributed by atoms with Gasteiger partial charge in [-0.1, -0.05) is 54.1 Å². The van der Waals surface area contributed by atoms with Gasteiger partial charge in [0.1, 0.15) is 16.8 Å². The highest BCUT2D eigenvalue weighted by molar-refractivity contribution is 7.91. The van der Waals surface area contributed by atoms with Crippen LogP contribution >= 0.6 is 11.6 Å². The number of carboxylic acids is 1. The molecule has 1 aromatic heterocycles. The third-order valence-corrected chi connectivity index (χ3v) is 8.10. The van der Waals surface area contributed by atoms with Crippen LogP contribution in [0.15, 0.2) is 64.4 Å². The fraction of sp³-hybridized carbons (Fsp3) is 0.304. The lowest BCUT2D eigenvalue weighted by Gasteiger charge is -2.26. The second-order valence-electron chi connectivity index (χ2n) is 7.82. The van der Waals surface area contributed by atoms with E-state index in [1.807, 2.05) is 30.3 Å². The minimum atomic E-state index is -4.03. The molecule has 9 heteroatoms. The largest absolute Gasteiger partial charge is 0.480 e. The lowest BCUT2D eigenvalue weighted by atomic mass is 10.1. The van der Waals surface area contributed by atoms with Crippen molar-refractivity contribution in [2.45, 2.75) is 48.6 Å². The van der Waals surface area contributed by atoms with E-state index < -0.39 is 21.8 Å². The zero-order valence-corrected chi connectivity index (χ0v) is 19.2. The van der Waals surface area contributed by atoms with E-state index in [4.69, 9.17) is 11.6 Å². The number of nitrogens with zero attached hydrogens (tertiary/aromatic N) is 3. The Balaban J connectivity index is 1.85. The molecule has 4 rings (SSSR count). The van der Waals surface area contributed by atoms with E-state index >= 15 is 0 Å². The topological polar surface area (TPSA) is 92.5 Å². The fourth-order valence-corrected chi connectivity index (χ4v) is 6.37. The van der Waals surface area contributed by atoms with E-state index in [1.54, 1.807) is 28.6 Å². The Kier molecular flexibility index (Phi) is 6.26. The Morgan fingerprint density at radius 3 is 2.53 bits per heavy atom. The van der Waals surface area contributed by atoms with Gasteiger partial charge in [0.15, 0.2) is 0 Å². The highest BCUT2D eigenvalue weighted by atomic mass is 35.5. The number of hydrogen-bond acceptors (Lipinski definition) is 5. The average molecular weight is 474 g/mol. The maximum atomic E-state index is 13.7. The summed E-state index contributed by atoms with van der Waals surface area (Å²) in [7, 11) is -4.03. The van der Waals surface area contributed by atoms with E-state index in [1.165, 1.54) is 12.1 Å². The smallest absolute Gasteiger partial charge is 0.326 e. The van der Waals surface area contributed by atoms with Crippen LogP contribution in [-0.4, -0.2) is 41.9 Å². The van der Waals surface area contributed by atoms with Gasteiger partial charge in [-0.2, -0.15) is 5.10 Å². The molecule has 0 aliphatic carbocycles. The molecular formula is C23H24ClN3O4S. The van der Waals surface area contributed by atoms with Crippen LogP contribution in [-0.2, 0) is 27.6 Å². The summed E-state index contributed by atoms with van der Waals surface area (Å²) in [4.78, 5) is 13.6. The van der Waals surface area contributed by atoms with E-state index in [0.29, 0.717) is 43.9 Å². The van der Waals surface area contributed by atoms with Crippen molar-refractivity contribution >= 4 is 33.2 Å². The third kappa shape index (κ3) is 4.12. The van der Waals surface area contributed by atoms with Crippen molar-refractivity contribution in [3.8, 4) is 0 Å². The molecule has 0 amide bonds. The summed E-state index contributed by atoms with van der Waals surface area (Å²) in [5, 5.41) is 14.4. The molecule has 2 heterocycles. The Bertz CT molecular complexity index is 1240. The molecule has 0 saturated carbocycles. The molecule has 1 atom stereocenters. The molecule has 1 unspecified atom stereocenters. The minimum Gasteiger partial charge on any atom is -0.480 e. The lowest BCUT2D eigenvalue weighted by Crippen LogP contribution is -2.38. The molecule has 168 valence electrons. The van der Waals surface area contributed by atoms with Crippen molar-refractivity contribution in [2.24, 2.45) is 0 Å². The molecule has 3 aromatic rings. The Morgan fingerprint density at radius 1 is 1.16 bits per heavy atom. The molecule has 1 fully saturated rings. The number of hydrogen-bond donors (Lipinski definition) is 1. The number of rotatable bonds is 7. The molecule has 0 radical (unpaired) electrons. The summed E-state index contributed by atoms with van der Waals surface area (Å²) in [6, 6.07) is 15.3. The van der Waals surface area contributed by atoms with Gasteiger partial charge in [-0.3, -0.25) is 0 Å². The van der Waals surface area contributed by atoms with Crippen molar-refractivity contribution in [1.82, 2.24) is 9.78 Å². The lowest BCUT2D eigenvalue weighted by molar-refractivity contribution is -0.138. The van der Waals surface area contributed by atoms with Gasteiger partial charge >= 0.3 is 5.97 Å². The monoisotopic (exact) mass is 473 g/mol. The molecular weight excluding hydrogens is 450 g/mol. The number of aromatic nitrogens is 2. The van der Waals surface area contributed by atoms with Gasteiger partial charge in [-0.15, -0.1) is 0 Å². The molecule has 7 nitrogen and oxygen atoms in total. The first kappa shape index (κ1) is 22.4. The molecule has 1 aliphatic heterocycles. The quantitative estimate of drug-likeness (QED) is 0.558. The van der Waals surface area contributed by atoms with Crippen LogP contribution in [0.25, 0.3) is 0 Å². The Morgan fingerprint density at radius 2 is 1.84 bits per heavy atom. The number of carbonyl (C=O) groups is 1. The molecule has 32 heavy (non-hydrogen) atoms. The van der Waals surface area contributed by atoms with Crippen LogP contribution < -0.4 is 4.90 Å². The zero-order chi connectivity index (χ0) is 22.9. The summed E-state index contributed by atoms with van der Waals surface area (Å²) in [6.45, 7) is 2.50. The van der Waals surface area contributed by atoms with Gasteiger partial charge in [0, 0.05) is 13.1 Å². The van der Waals surface area contributed by atoms with Crippen LogP contribution in [0, 0.1) is 6.92 Å². The number of sulfone groups is 1. The molecule has 0 bridgehead atoms. The maximum Gasteiger partial charge on any atom is 0.326 e. The van der Waals surface area contributed by atoms with Gasteiger partial charge in [0.2, 0.25) is 9.84 Å². The Hall–Kier alpha value is -2.84. The Labute approximate surface area is 192 Å². The first-order valence-electron chi connectivity index (χ1n) is 10.4. The second kappa shape index (κ2) is 8.96. The number of benzene rings is 2. The fourth-order valence-electron chi connectivity index (χ4n) is 4.23. The summed E-state index contributed by atoms with van der Waals surface area (Å²) >= 11 is 6.24. The second-order valence-corrected chi connectivity index (χ2v) is 10.1. The van der Waals surface area contributed by atoms with Crippen LogP contribution in [0.4, 0.5) is 5.82 Å². The molecule has 2 aromatic carbocycles. The van der Waals surface area contributed by atoms with Crippen LogP contribution in [0.5, 0.6) is 0 Å². The molecule has 1 saturated heterocycles. The summed E-state index contributed by atoms with van der Waals surface area (Å²) in [6.07, 6.45) is 1.74. The summed E-state index contributed by atoms with van der Waals surface area (Å²) in [5.41, 5.74) is 1.40. The molecule has 1 N–H and O–H groups in total. The van der Waals surface area contributed by atoms with Gasteiger partial charge in [-0.25, -0.2) is 17.9 Å². The number of aryl methyl sites for hydroxylation is 3. The minimum absolute atomic E-state index is 0.0142. The van der Waals surface area contributed by atoms with Gasteiger partial charge in [-0.05, 0) is 43.9 Å². The van der Waals surface area contributed by atoms with Crippen LogP contribution in [0.3, 0.4) is 0 Å². The van der Waals surface area contributed by atoms with E-state index in [-0.39, 0.29) is 14.8 Å². The van der Waals surface area contributed by atoms with Crippen molar-refractivity contribution < 1.29 is 18.3 Å². The summed E-state index contributed by atoms with van der Waals surface area (Å²) < 4.78 is 29.0. The SMILES string of the molecule is Cc1nn(CCc2ccccc2)c(N2CCCC2C(=O)O)c1S(=O)(=O)c1ccccc1Cl. The van der Waals surface area contributed by atoms with E-state index in [2.05, 4.69) is 5.10 Å². The predicted molar refractivity (Wildman–Crippen MR) is 122 cm³/mol. The number of carboxylic acid groups (broad SMARTS) is 1. The van der Waals surface area contributed by atoms with E-state index in [9.17, 15) is 18.3 Å². The van der Waals surface area contributed by atoms with Gasteiger partial charge in [0.25, 0.3) is 0 Å². The van der Waals surface area contributed by atoms with Crippen LogP contribution in [0.1, 0.15) is 24.1 Å². The average Bonchev–Trinajstić information content (AvgIpc) is 3.37. The predicted octanol–water partition coefficient (Wildman–Crippen LogP) is 3.97. The first-order valence-corrected chi connectivity index (χ1v) is 12.3. The van der Waals surface area contributed by atoms with E-state index in [0.717, 1.165) is 5.56 Å². The maximum absolute atomic E-state index is 13.7.